The molecule has 0 aromatic carbocycles. The Labute approximate surface area is 129 Å². The molecule has 0 saturated carbocycles. The van der Waals surface area contributed by atoms with E-state index in [0.717, 1.165) is 18.4 Å². The van der Waals surface area contributed by atoms with Gasteiger partial charge in [0, 0.05) is 19.5 Å². The van der Waals surface area contributed by atoms with Crippen LogP contribution in [0.1, 0.15) is 44.3 Å². The molecule has 1 aliphatic heterocycles. The highest BCUT2D eigenvalue weighted by molar-refractivity contribution is 7.07. The van der Waals surface area contributed by atoms with Gasteiger partial charge in [0.05, 0.1) is 6.10 Å². The first-order chi connectivity index (χ1) is 10.1. The third kappa shape index (κ3) is 4.04. The predicted molar refractivity (Wildman–Crippen MR) is 81.9 cm³/mol. The Morgan fingerprint density at radius 2 is 2.38 bits per heavy atom. The molecule has 2 atom stereocenters. The molecule has 2 amide bonds. The second kappa shape index (κ2) is 7.56. The summed E-state index contributed by atoms with van der Waals surface area (Å²) in [4.78, 5) is 25.9. The number of aliphatic hydroxyl groups excluding tert-OH is 1. The van der Waals surface area contributed by atoms with E-state index in [9.17, 15) is 14.7 Å². The van der Waals surface area contributed by atoms with Gasteiger partial charge >= 0.3 is 0 Å². The summed E-state index contributed by atoms with van der Waals surface area (Å²) >= 11 is 1.51. The van der Waals surface area contributed by atoms with Gasteiger partial charge in [-0.1, -0.05) is 6.92 Å². The molecule has 0 bridgehead atoms. The normalized spacial score (nSPS) is 19.5. The summed E-state index contributed by atoms with van der Waals surface area (Å²) in [6.45, 7) is 2.80. The van der Waals surface area contributed by atoms with Crippen molar-refractivity contribution >= 4 is 23.2 Å². The predicted octanol–water partition coefficient (Wildman–Crippen LogP) is 1.69. The molecule has 1 aromatic rings. The smallest absolute Gasteiger partial charge is 0.242 e. The van der Waals surface area contributed by atoms with Gasteiger partial charge in [-0.3, -0.25) is 9.59 Å². The average Bonchev–Trinajstić information content (AvgIpc) is 3.14. The van der Waals surface area contributed by atoms with Crippen molar-refractivity contribution in [3.8, 4) is 0 Å². The maximum atomic E-state index is 12.2. The average molecular weight is 310 g/mol. The minimum Gasteiger partial charge on any atom is -0.387 e. The van der Waals surface area contributed by atoms with Crippen LogP contribution in [-0.4, -0.2) is 41.0 Å². The van der Waals surface area contributed by atoms with E-state index in [2.05, 4.69) is 5.32 Å². The summed E-state index contributed by atoms with van der Waals surface area (Å²) in [7, 11) is 0. The van der Waals surface area contributed by atoms with Crippen LogP contribution in [-0.2, 0) is 9.59 Å². The lowest BCUT2D eigenvalue weighted by Crippen LogP contribution is -2.46. The highest BCUT2D eigenvalue weighted by Gasteiger charge is 2.33. The van der Waals surface area contributed by atoms with Gasteiger partial charge in [-0.2, -0.15) is 11.3 Å². The molecule has 0 aliphatic carbocycles. The topological polar surface area (TPSA) is 69.6 Å². The molecule has 21 heavy (non-hydrogen) atoms. The minimum atomic E-state index is -0.693. The maximum absolute atomic E-state index is 12.2. The van der Waals surface area contributed by atoms with Crippen molar-refractivity contribution in [2.75, 3.05) is 13.1 Å². The quantitative estimate of drug-likeness (QED) is 0.840. The molecule has 2 N–H and O–H groups in total. The van der Waals surface area contributed by atoms with E-state index < -0.39 is 6.10 Å². The van der Waals surface area contributed by atoms with Crippen LogP contribution in [0.4, 0.5) is 0 Å². The molecule has 1 aromatic heterocycles. The third-order valence-electron chi connectivity index (χ3n) is 3.74. The van der Waals surface area contributed by atoms with Crippen LogP contribution < -0.4 is 5.32 Å². The summed E-state index contributed by atoms with van der Waals surface area (Å²) in [5, 5.41) is 16.5. The molecule has 116 valence electrons. The third-order valence-corrected chi connectivity index (χ3v) is 4.44. The number of thiophene rings is 1. The van der Waals surface area contributed by atoms with Crippen LogP contribution in [0.25, 0.3) is 0 Å². The molecule has 2 unspecified atom stereocenters. The zero-order chi connectivity index (χ0) is 15.2. The number of aliphatic hydroxyl groups is 1. The molecule has 2 heterocycles. The molecule has 1 saturated heterocycles. The molecule has 1 aliphatic rings. The largest absolute Gasteiger partial charge is 0.387 e. The first-order valence-corrected chi connectivity index (χ1v) is 8.35. The number of amides is 2. The van der Waals surface area contributed by atoms with Gasteiger partial charge in [0.2, 0.25) is 11.8 Å². The summed E-state index contributed by atoms with van der Waals surface area (Å²) in [6, 6.07) is 1.47. The molecule has 1 fully saturated rings. The number of nitrogens with zero attached hydrogens (tertiary/aromatic N) is 1. The highest BCUT2D eigenvalue weighted by atomic mass is 32.1. The molecule has 2 rings (SSSR count). The monoisotopic (exact) mass is 310 g/mol. The van der Waals surface area contributed by atoms with Crippen molar-refractivity contribution < 1.29 is 14.7 Å². The van der Waals surface area contributed by atoms with Gasteiger partial charge in [-0.15, -0.1) is 0 Å². The van der Waals surface area contributed by atoms with Crippen molar-refractivity contribution in [3.63, 3.8) is 0 Å². The number of hydrogen-bond acceptors (Lipinski definition) is 4. The number of carbonyl (C=O) groups is 2. The molecule has 6 heteroatoms. The number of nitrogens with one attached hydrogen (secondary N) is 1. The Hall–Kier alpha value is -1.40. The van der Waals surface area contributed by atoms with Crippen molar-refractivity contribution in [2.45, 2.75) is 44.8 Å². The van der Waals surface area contributed by atoms with E-state index in [1.54, 1.807) is 4.90 Å². The number of likely N-dealkylation sites (tertiary alicyclic amines) is 1. The second-order valence-corrected chi connectivity index (χ2v) is 6.09. The lowest BCUT2D eigenvalue weighted by molar-refractivity contribution is -0.138. The van der Waals surface area contributed by atoms with Gasteiger partial charge in [0.25, 0.3) is 0 Å². The summed E-state index contributed by atoms with van der Waals surface area (Å²) < 4.78 is 0. The molecule has 0 spiro atoms. The van der Waals surface area contributed by atoms with Crippen LogP contribution >= 0.6 is 11.3 Å². The van der Waals surface area contributed by atoms with E-state index in [-0.39, 0.29) is 24.4 Å². The lowest BCUT2D eigenvalue weighted by atomic mass is 10.1. The zero-order valence-electron chi connectivity index (χ0n) is 12.2. The second-order valence-electron chi connectivity index (χ2n) is 5.31. The van der Waals surface area contributed by atoms with Crippen LogP contribution in [0.5, 0.6) is 0 Å². The van der Waals surface area contributed by atoms with Gasteiger partial charge in [-0.25, -0.2) is 0 Å². The van der Waals surface area contributed by atoms with Gasteiger partial charge in [-0.05, 0) is 41.7 Å². The Morgan fingerprint density at radius 3 is 3.05 bits per heavy atom. The molecular weight excluding hydrogens is 288 g/mol. The Bertz CT molecular complexity index is 475. The van der Waals surface area contributed by atoms with Crippen LogP contribution in [0.2, 0.25) is 0 Å². The van der Waals surface area contributed by atoms with Crippen molar-refractivity contribution in [2.24, 2.45) is 0 Å². The van der Waals surface area contributed by atoms with Crippen molar-refractivity contribution in [1.29, 1.82) is 0 Å². The van der Waals surface area contributed by atoms with E-state index >= 15 is 0 Å². The SMILES string of the molecule is CCCC(=O)N1CCCC1C(=O)NCC(O)c1ccsc1. The standard InChI is InChI=1S/C15H22N2O3S/c1-2-4-14(19)17-7-3-5-12(17)15(20)16-9-13(18)11-6-8-21-10-11/h6,8,10,12-13,18H,2-5,7,9H2,1H3,(H,16,20). The fourth-order valence-corrected chi connectivity index (χ4v) is 3.30. The van der Waals surface area contributed by atoms with Gasteiger partial charge < -0.3 is 15.3 Å². The number of carbonyl (C=O) groups excluding carboxylic acids is 2. The van der Waals surface area contributed by atoms with Crippen LogP contribution in [0.3, 0.4) is 0 Å². The van der Waals surface area contributed by atoms with E-state index in [4.69, 9.17) is 0 Å². The Balaban J connectivity index is 1.86. The lowest BCUT2D eigenvalue weighted by Gasteiger charge is -2.24. The van der Waals surface area contributed by atoms with Crippen molar-refractivity contribution in [1.82, 2.24) is 10.2 Å². The van der Waals surface area contributed by atoms with E-state index in [1.165, 1.54) is 11.3 Å². The zero-order valence-corrected chi connectivity index (χ0v) is 13.1. The first-order valence-electron chi connectivity index (χ1n) is 7.40. The fraction of sp³-hybridized carbons (Fsp3) is 0.600. The summed E-state index contributed by atoms with van der Waals surface area (Å²) in [5.74, 6) is -0.111. The minimum absolute atomic E-state index is 0.0496. The van der Waals surface area contributed by atoms with Crippen LogP contribution in [0, 0.1) is 0 Å². The molecule has 0 radical (unpaired) electrons. The Morgan fingerprint density at radius 1 is 1.57 bits per heavy atom. The van der Waals surface area contributed by atoms with E-state index in [1.807, 2.05) is 23.8 Å². The fourth-order valence-electron chi connectivity index (χ4n) is 2.59. The summed E-state index contributed by atoms with van der Waals surface area (Å²) in [6.07, 6.45) is 2.15. The van der Waals surface area contributed by atoms with Crippen molar-refractivity contribution in [3.05, 3.63) is 22.4 Å². The van der Waals surface area contributed by atoms with Crippen LogP contribution in [0.15, 0.2) is 16.8 Å². The summed E-state index contributed by atoms with van der Waals surface area (Å²) in [5.41, 5.74) is 0.811. The number of hydrogen-bond donors (Lipinski definition) is 2. The van der Waals surface area contributed by atoms with Gasteiger partial charge in [0.1, 0.15) is 6.04 Å². The Kier molecular flexibility index (Phi) is 5.76. The van der Waals surface area contributed by atoms with Gasteiger partial charge in [0.15, 0.2) is 0 Å². The molecule has 5 nitrogen and oxygen atoms in total. The first kappa shape index (κ1) is 16.0. The maximum Gasteiger partial charge on any atom is 0.242 e. The number of rotatable bonds is 6. The van der Waals surface area contributed by atoms with E-state index in [0.29, 0.717) is 19.4 Å². The highest BCUT2D eigenvalue weighted by Crippen LogP contribution is 2.20. The molecular formula is C15H22N2O3S.